The van der Waals surface area contributed by atoms with Crippen LogP contribution in [0.1, 0.15) is 50.0 Å². The summed E-state index contributed by atoms with van der Waals surface area (Å²) in [6, 6.07) is 11.8. The Kier molecular flexibility index (Phi) is 5.32. The summed E-state index contributed by atoms with van der Waals surface area (Å²) in [5, 5.41) is 3.93. The molecule has 0 bridgehead atoms. The summed E-state index contributed by atoms with van der Waals surface area (Å²) in [6.07, 6.45) is 8.26. The molecule has 21 heavy (non-hydrogen) atoms. The number of nitrogens with one attached hydrogen (secondary N) is 1. The van der Waals surface area contributed by atoms with Crippen LogP contribution in [0.2, 0.25) is 0 Å². The Morgan fingerprint density at radius 2 is 1.86 bits per heavy atom. The summed E-state index contributed by atoms with van der Waals surface area (Å²) in [5.74, 6) is 1.57. The van der Waals surface area contributed by atoms with Crippen LogP contribution < -0.4 is 5.32 Å². The van der Waals surface area contributed by atoms with Crippen LogP contribution in [0.25, 0.3) is 0 Å². The van der Waals surface area contributed by atoms with Crippen molar-refractivity contribution in [2.24, 2.45) is 5.92 Å². The van der Waals surface area contributed by atoms with Gasteiger partial charge >= 0.3 is 0 Å². The summed E-state index contributed by atoms with van der Waals surface area (Å²) >= 11 is 0. The van der Waals surface area contributed by atoms with Crippen molar-refractivity contribution in [1.29, 1.82) is 0 Å². The van der Waals surface area contributed by atoms with Crippen molar-refractivity contribution in [2.75, 3.05) is 26.7 Å². The Balaban J connectivity index is 1.57. The Labute approximate surface area is 129 Å². The first-order chi connectivity index (χ1) is 10.3. The zero-order chi connectivity index (χ0) is 14.5. The van der Waals surface area contributed by atoms with Gasteiger partial charge in [0, 0.05) is 12.6 Å². The number of benzene rings is 1. The third-order valence-corrected chi connectivity index (χ3v) is 5.38. The zero-order valence-corrected chi connectivity index (χ0v) is 13.4. The minimum Gasteiger partial charge on any atom is -0.313 e. The van der Waals surface area contributed by atoms with E-state index in [2.05, 4.69) is 47.6 Å². The molecule has 1 aliphatic heterocycles. The largest absolute Gasteiger partial charge is 0.313 e. The number of hydrogen-bond donors (Lipinski definition) is 1. The maximum absolute atomic E-state index is 3.93. The van der Waals surface area contributed by atoms with E-state index in [-0.39, 0.29) is 0 Å². The van der Waals surface area contributed by atoms with Crippen LogP contribution in [0, 0.1) is 5.92 Å². The highest BCUT2D eigenvalue weighted by atomic mass is 15.1. The molecule has 2 nitrogen and oxygen atoms in total. The Hall–Kier alpha value is -0.860. The van der Waals surface area contributed by atoms with Crippen LogP contribution >= 0.6 is 0 Å². The second-order valence-corrected chi connectivity index (χ2v) is 7.09. The molecular formula is C19H30N2. The van der Waals surface area contributed by atoms with Gasteiger partial charge in [-0.2, -0.15) is 0 Å². The monoisotopic (exact) mass is 286 g/mol. The first-order valence-electron chi connectivity index (χ1n) is 8.80. The van der Waals surface area contributed by atoms with Crippen LogP contribution in [0.4, 0.5) is 0 Å². The summed E-state index contributed by atoms with van der Waals surface area (Å²) < 4.78 is 0. The lowest BCUT2D eigenvalue weighted by molar-refractivity contribution is 0.196. The predicted molar refractivity (Wildman–Crippen MR) is 89.7 cm³/mol. The normalized spacial score (nSPS) is 31.2. The average molecular weight is 286 g/mol. The van der Waals surface area contributed by atoms with Gasteiger partial charge in [-0.3, -0.25) is 0 Å². The molecule has 1 saturated carbocycles. The maximum Gasteiger partial charge on any atom is 0.0136 e. The number of piperidine rings is 1. The van der Waals surface area contributed by atoms with Gasteiger partial charge in [0.25, 0.3) is 0 Å². The zero-order valence-electron chi connectivity index (χ0n) is 13.4. The molecule has 0 radical (unpaired) electrons. The van der Waals surface area contributed by atoms with Crippen molar-refractivity contribution in [2.45, 2.75) is 50.5 Å². The number of nitrogens with zero attached hydrogens (tertiary/aromatic N) is 1. The van der Waals surface area contributed by atoms with E-state index in [1.807, 2.05) is 0 Å². The molecule has 1 N–H and O–H groups in total. The van der Waals surface area contributed by atoms with Gasteiger partial charge in [0.2, 0.25) is 0 Å². The van der Waals surface area contributed by atoms with Crippen LogP contribution in [0.5, 0.6) is 0 Å². The molecule has 1 aliphatic carbocycles. The molecule has 0 spiro atoms. The Morgan fingerprint density at radius 1 is 1.05 bits per heavy atom. The second kappa shape index (κ2) is 7.42. The molecule has 0 aromatic heterocycles. The van der Waals surface area contributed by atoms with E-state index in [0.717, 1.165) is 11.8 Å². The first kappa shape index (κ1) is 15.1. The highest BCUT2D eigenvalue weighted by Crippen LogP contribution is 2.33. The Bertz CT molecular complexity index is 417. The van der Waals surface area contributed by atoms with Crippen molar-refractivity contribution in [3.8, 4) is 0 Å². The van der Waals surface area contributed by atoms with Gasteiger partial charge in [-0.25, -0.2) is 0 Å². The lowest BCUT2D eigenvalue weighted by atomic mass is 9.79. The van der Waals surface area contributed by atoms with Crippen LogP contribution in [-0.4, -0.2) is 37.6 Å². The molecule has 1 heterocycles. The molecule has 116 valence electrons. The van der Waals surface area contributed by atoms with Crippen LogP contribution in [0.3, 0.4) is 0 Å². The predicted octanol–water partition coefficient (Wildman–Crippen LogP) is 3.64. The maximum atomic E-state index is 3.93. The molecule has 3 atom stereocenters. The van der Waals surface area contributed by atoms with Crippen molar-refractivity contribution >= 4 is 0 Å². The average Bonchev–Trinajstić information content (AvgIpc) is 2.54. The molecular weight excluding hydrogens is 256 g/mol. The van der Waals surface area contributed by atoms with E-state index < -0.39 is 0 Å². The molecule has 1 saturated heterocycles. The van der Waals surface area contributed by atoms with Crippen LogP contribution in [-0.2, 0) is 0 Å². The first-order valence-corrected chi connectivity index (χ1v) is 8.80. The van der Waals surface area contributed by atoms with Crippen molar-refractivity contribution in [3.63, 3.8) is 0 Å². The number of hydrogen-bond acceptors (Lipinski definition) is 2. The molecule has 1 aromatic carbocycles. The van der Waals surface area contributed by atoms with E-state index in [4.69, 9.17) is 0 Å². The summed E-state index contributed by atoms with van der Waals surface area (Å²) in [5.41, 5.74) is 1.54. The topological polar surface area (TPSA) is 15.3 Å². The summed E-state index contributed by atoms with van der Waals surface area (Å²) in [6.45, 7) is 3.76. The second-order valence-electron chi connectivity index (χ2n) is 7.09. The third-order valence-electron chi connectivity index (χ3n) is 5.38. The van der Waals surface area contributed by atoms with Gasteiger partial charge in [-0.1, -0.05) is 43.2 Å². The molecule has 3 unspecified atom stereocenters. The van der Waals surface area contributed by atoms with Gasteiger partial charge in [0.1, 0.15) is 0 Å². The molecule has 0 amide bonds. The van der Waals surface area contributed by atoms with Gasteiger partial charge < -0.3 is 10.2 Å². The smallest absolute Gasteiger partial charge is 0.0136 e. The number of likely N-dealkylation sites (tertiary alicyclic amines) is 1. The minimum atomic E-state index is 0.688. The van der Waals surface area contributed by atoms with E-state index in [1.165, 1.54) is 63.7 Å². The fraction of sp³-hybridized carbons (Fsp3) is 0.684. The highest BCUT2D eigenvalue weighted by molar-refractivity contribution is 5.22. The van der Waals surface area contributed by atoms with E-state index in [9.17, 15) is 0 Å². The molecule has 3 rings (SSSR count). The van der Waals surface area contributed by atoms with Crippen molar-refractivity contribution < 1.29 is 0 Å². The van der Waals surface area contributed by atoms with E-state index >= 15 is 0 Å². The van der Waals surface area contributed by atoms with Crippen molar-refractivity contribution in [1.82, 2.24) is 10.2 Å². The van der Waals surface area contributed by atoms with Crippen molar-refractivity contribution in [3.05, 3.63) is 35.9 Å². The quantitative estimate of drug-likeness (QED) is 0.909. The SMILES string of the molecule is CN1CCCC(CNC2CCCCC2c2ccccc2)C1. The van der Waals surface area contributed by atoms with E-state index in [1.54, 1.807) is 0 Å². The molecule has 2 heteroatoms. The fourth-order valence-electron chi connectivity index (χ4n) is 4.23. The fourth-order valence-corrected chi connectivity index (χ4v) is 4.23. The lowest BCUT2D eigenvalue weighted by Crippen LogP contribution is -2.43. The standard InChI is InChI=1S/C19H30N2/c1-21-13-7-8-16(15-21)14-20-19-12-6-5-11-18(19)17-9-3-2-4-10-17/h2-4,9-10,16,18-20H,5-8,11-15H2,1H3. The third kappa shape index (κ3) is 4.08. The number of rotatable bonds is 4. The van der Waals surface area contributed by atoms with Gasteiger partial charge in [-0.15, -0.1) is 0 Å². The minimum absolute atomic E-state index is 0.688. The summed E-state index contributed by atoms with van der Waals surface area (Å²) in [7, 11) is 2.26. The molecule has 1 aromatic rings. The molecule has 2 aliphatic rings. The van der Waals surface area contributed by atoms with Gasteiger partial charge in [-0.05, 0) is 63.2 Å². The Morgan fingerprint density at radius 3 is 2.67 bits per heavy atom. The van der Waals surface area contributed by atoms with Crippen LogP contribution in [0.15, 0.2) is 30.3 Å². The molecule has 2 fully saturated rings. The summed E-state index contributed by atoms with van der Waals surface area (Å²) in [4.78, 5) is 2.49. The highest BCUT2D eigenvalue weighted by Gasteiger charge is 2.27. The van der Waals surface area contributed by atoms with Gasteiger partial charge in [0.15, 0.2) is 0 Å². The van der Waals surface area contributed by atoms with E-state index in [0.29, 0.717) is 6.04 Å². The lowest BCUT2D eigenvalue weighted by Gasteiger charge is -2.36. The van der Waals surface area contributed by atoms with Gasteiger partial charge in [0.05, 0.1) is 0 Å².